The Morgan fingerprint density at radius 3 is 2.75 bits per heavy atom. The van der Waals surface area contributed by atoms with Crippen molar-refractivity contribution >= 4 is 17.5 Å². The fourth-order valence-electron chi connectivity index (χ4n) is 2.31. The van der Waals surface area contributed by atoms with Crippen molar-refractivity contribution in [2.24, 2.45) is 0 Å². The molecule has 4 nitrogen and oxygen atoms in total. The first-order valence-corrected chi connectivity index (χ1v) is 6.95. The lowest BCUT2D eigenvalue weighted by atomic mass is 10.2. The Balaban J connectivity index is 1.93. The molecule has 1 saturated heterocycles. The molecule has 0 spiro atoms. The number of rotatable bonds is 5. The molecule has 0 unspecified atom stereocenters. The Kier molecular flexibility index (Phi) is 4.71. The average molecular weight is 278 g/mol. The zero-order valence-electron chi connectivity index (χ0n) is 11.6. The summed E-state index contributed by atoms with van der Waals surface area (Å²) in [5, 5.41) is 2.88. The SMILES string of the molecule is CCCCC(=O)N[C@H]1CC(=O)N(c2ccc(F)cc2)C1. The second kappa shape index (κ2) is 6.50. The molecule has 1 aromatic rings. The topological polar surface area (TPSA) is 49.4 Å². The summed E-state index contributed by atoms with van der Waals surface area (Å²) in [7, 11) is 0. The predicted octanol–water partition coefficient (Wildman–Crippen LogP) is 2.24. The van der Waals surface area contributed by atoms with Crippen LogP contribution in [0.25, 0.3) is 0 Å². The fourth-order valence-corrected chi connectivity index (χ4v) is 2.31. The summed E-state index contributed by atoms with van der Waals surface area (Å²) in [5.74, 6) is -0.382. The molecule has 20 heavy (non-hydrogen) atoms. The van der Waals surface area contributed by atoms with E-state index in [9.17, 15) is 14.0 Å². The standard InChI is InChI=1S/C15H19FN2O2/c1-2-3-4-14(19)17-12-9-15(20)18(10-12)13-7-5-11(16)6-8-13/h5-8,12H,2-4,9-10H2,1H3,(H,17,19)/t12-/m0/s1. The maximum absolute atomic E-state index is 12.9. The van der Waals surface area contributed by atoms with E-state index in [0.29, 0.717) is 25.1 Å². The third kappa shape index (κ3) is 3.56. The highest BCUT2D eigenvalue weighted by atomic mass is 19.1. The Morgan fingerprint density at radius 2 is 2.10 bits per heavy atom. The molecule has 2 amide bonds. The molecule has 108 valence electrons. The van der Waals surface area contributed by atoms with E-state index in [0.717, 1.165) is 12.8 Å². The first-order valence-electron chi connectivity index (χ1n) is 6.95. The van der Waals surface area contributed by atoms with Crippen molar-refractivity contribution in [1.29, 1.82) is 0 Å². The van der Waals surface area contributed by atoms with E-state index < -0.39 is 0 Å². The van der Waals surface area contributed by atoms with Crippen molar-refractivity contribution in [3.8, 4) is 0 Å². The van der Waals surface area contributed by atoms with Crippen LogP contribution in [0, 0.1) is 5.82 Å². The number of benzene rings is 1. The Hall–Kier alpha value is -1.91. The molecule has 1 aliphatic rings. The van der Waals surface area contributed by atoms with Gasteiger partial charge in [-0.2, -0.15) is 0 Å². The van der Waals surface area contributed by atoms with Crippen molar-refractivity contribution in [2.75, 3.05) is 11.4 Å². The van der Waals surface area contributed by atoms with Crippen LogP contribution in [0.3, 0.4) is 0 Å². The summed E-state index contributed by atoms with van der Waals surface area (Å²) in [6.45, 7) is 2.48. The predicted molar refractivity (Wildman–Crippen MR) is 74.8 cm³/mol. The molecule has 0 aromatic heterocycles. The van der Waals surface area contributed by atoms with E-state index in [2.05, 4.69) is 5.32 Å². The van der Waals surface area contributed by atoms with Crippen LogP contribution in [-0.4, -0.2) is 24.4 Å². The first kappa shape index (κ1) is 14.5. The second-order valence-corrected chi connectivity index (χ2v) is 5.05. The quantitative estimate of drug-likeness (QED) is 0.898. The van der Waals surface area contributed by atoms with Gasteiger partial charge in [0.05, 0.1) is 6.04 Å². The maximum Gasteiger partial charge on any atom is 0.229 e. The molecule has 5 heteroatoms. The zero-order chi connectivity index (χ0) is 14.5. The molecule has 0 aliphatic carbocycles. The van der Waals surface area contributed by atoms with Crippen molar-refractivity contribution in [1.82, 2.24) is 5.32 Å². The number of nitrogens with one attached hydrogen (secondary N) is 1. The van der Waals surface area contributed by atoms with Crippen LogP contribution in [-0.2, 0) is 9.59 Å². The molecule has 0 radical (unpaired) electrons. The van der Waals surface area contributed by atoms with E-state index in [1.54, 1.807) is 17.0 Å². The minimum absolute atomic E-state index is 0.00870. The summed E-state index contributed by atoms with van der Waals surface area (Å²) >= 11 is 0. The Labute approximate surface area is 118 Å². The van der Waals surface area contributed by atoms with Crippen LogP contribution in [0.5, 0.6) is 0 Å². The summed E-state index contributed by atoms with van der Waals surface area (Å²) in [4.78, 5) is 25.2. The van der Waals surface area contributed by atoms with E-state index >= 15 is 0 Å². The highest BCUT2D eigenvalue weighted by Gasteiger charge is 2.31. The number of nitrogens with zero attached hydrogens (tertiary/aromatic N) is 1. The van der Waals surface area contributed by atoms with Crippen molar-refractivity contribution in [3.63, 3.8) is 0 Å². The van der Waals surface area contributed by atoms with Gasteiger partial charge in [-0.05, 0) is 30.7 Å². The highest BCUT2D eigenvalue weighted by molar-refractivity contribution is 5.96. The molecule has 1 heterocycles. The van der Waals surface area contributed by atoms with Crippen LogP contribution >= 0.6 is 0 Å². The van der Waals surface area contributed by atoms with Gasteiger partial charge in [-0.25, -0.2) is 4.39 Å². The minimum atomic E-state index is -0.329. The lowest BCUT2D eigenvalue weighted by Crippen LogP contribution is -2.37. The summed E-state index contributed by atoms with van der Waals surface area (Å²) in [6.07, 6.45) is 2.62. The molecule has 1 fully saturated rings. The van der Waals surface area contributed by atoms with Crippen LogP contribution in [0.15, 0.2) is 24.3 Å². The van der Waals surface area contributed by atoms with Crippen molar-refractivity contribution in [3.05, 3.63) is 30.1 Å². The molecule has 1 N–H and O–H groups in total. The van der Waals surface area contributed by atoms with Crippen molar-refractivity contribution in [2.45, 2.75) is 38.6 Å². The number of amides is 2. The number of halogens is 1. The number of anilines is 1. The molecule has 1 aliphatic heterocycles. The van der Waals surface area contributed by atoms with Crippen LogP contribution in [0.1, 0.15) is 32.6 Å². The smallest absolute Gasteiger partial charge is 0.229 e. The molecule has 1 atom stereocenters. The van der Waals surface area contributed by atoms with Crippen LogP contribution in [0.2, 0.25) is 0 Å². The Bertz CT molecular complexity index is 487. The fraction of sp³-hybridized carbons (Fsp3) is 0.467. The van der Waals surface area contributed by atoms with Gasteiger partial charge in [-0.1, -0.05) is 13.3 Å². The number of carbonyl (C=O) groups is 2. The van der Waals surface area contributed by atoms with Gasteiger partial charge in [0.15, 0.2) is 0 Å². The molecular weight excluding hydrogens is 259 g/mol. The highest BCUT2D eigenvalue weighted by Crippen LogP contribution is 2.21. The van der Waals surface area contributed by atoms with Gasteiger partial charge in [0.1, 0.15) is 5.82 Å². The number of carbonyl (C=O) groups excluding carboxylic acids is 2. The normalized spacial score (nSPS) is 18.4. The van der Waals surface area contributed by atoms with E-state index in [4.69, 9.17) is 0 Å². The zero-order valence-corrected chi connectivity index (χ0v) is 11.6. The third-order valence-corrected chi connectivity index (χ3v) is 3.39. The molecule has 1 aromatic carbocycles. The van der Waals surface area contributed by atoms with E-state index in [-0.39, 0.29) is 23.7 Å². The van der Waals surface area contributed by atoms with E-state index in [1.807, 2.05) is 6.92 Å². The monoisotopic (exact) mass is 278 g/mol. The molecular formula is C15H19FN2O2. The van der Waals surface area contributed by atoms with Gasteiger partial charge >= 0.3 is 0 Å². The largest absolute Gasteiger partial charge is 0.351 e. The third-order valence-electron chi connectivity index (χ3n) is 3.39. The van der Waals surface area contributed by atoms with Gasteiger partial charge in [0.25, 0.3) is 0 Å². The summed E-state index contributed by atoms with van der Waals surface area (Å²) in [5.41, 5.74) is 0.668. The average Bonchev–Trinajstić information content (AvgIpc) is 2.78. The number of hydrogen-bond donors (Lipinski definition) is 1. The Morgan fingerprint density at radius 1 is 1.40 bits per heavy atom. The molecule has 0 saturated carbocycles. The van der Waals surface area contributed by atoms with Crippen LogP contribution in [0.4, 0.5) is 10.1 Å². The maximum atomic E-state index is 12.9. The van der Waals surface area contributed by atoms with Gasteiger partial charge < -0.3 is 10.2 Å². The van der Waals surface area contributed by atoms with Gasteiger partial charge in [-0.3, -0.25) is 9.59 Å². The van der Waals surface area contributed by atoms with Gasteiger partial charge in [0.2, 0.25) is 11.8 Å². The van der Waals surface area contributed by atoms with Crippen molar-refractivity contribution < 1.29 is 14.0 Å². The van der Waals surface area contributed by atoms with E-state index in [1.165, 1.54) is 12.1 Å². The first-order chi connectivity index (χ1) is 9.60. The van der Waals surface area contributed by atoms with Gasteiger partial charge in [-0.15, -0.1) is 0 Å². The second-order valence-electron chi connectivity index (χ2n) is 5.05. The van der Waals surface area contributed by atoms with Crippen LogP contribution < -0.4 is 10.2 Å². The number of unbranched alkanes of at least 4 members (excludes halogenated alkanes) is 1. The lowest BCUT2D eigenvalue weighted by Gasteiger charge is -2.17. The molecule has 0 bridgehead atoms. The lowest BCUT2D eigenvalue weighted by molar-refractivity contribution is -0.121. The minimum Gasteiger partial charge on any atom is -0.351 e. The van der Waals surface area contributed by atoms with Gasteiger partial charge in [0, 0.05) is 25.1 Å². The summed E-state index contributed by atoms with van der Waals surface area (Å²) < 4.78 is 12.9. The number of hydrogen-bond acceptors (Lipinski definition) is 2. The summed E-state index contributed by atoms with van der Waals surface area (Å²) in [6, 6.07) is 5.66. The molecule has 2 rings (SSSR count).